The number of para-hydroxylation sites is 2. The van der Waals surface area contributed by atoms with E-state index in [-0.39, 0.29) is 29.9 Å². The molecular formula is C22H31NO6. The van der Waals surface area contributed by atoms with E-state index < -0.39 is 5.60 Å². The van der Waals surface area contributed by atoms with Gasteiger partial charge in [0.25, 0.3) is 0 Å². The fraction of sp³-hybridized carbons (Fsp3) is 0.636. The number of piperidine rings is 1. The van der Waals surface area contributed by atoms with Crippen LogP contribution in [0.5, 0.6) is 11.5 Å². The Labute approximate surface area is 172 Å². The van der Waals surface area contributed by atoms with Crippen molar-refractivity contribution >= 4 is 11.9 Å². The highest BCUT2D eigenvalue weighted by atomic mass is 16.6. The zero-order chi connectivity index (χ0) is 21.0. The molecule has 2 atom stereocenters. The molecule has 160 valence electrons. The van der Waals surface area contributed by atoms with Gasteiger partial charge >= 0.3 is 6.09 Å². The fourth-order valence-corrected chi connectivity index (χ4v) is 3.99. The molecule has 0 radical (unpaired) electrons. The van der Waals surface area contributed by atoms with E-state index >= 15 is 0 Å². The summed E-state index contributed by atoms with van der Waals surface area (Å²) in [6.07, 6.45) is 1.21. The van der Waals surface area contributed by atoms with Gasteiger partial charge in [-0.2, -0.15) is 0 Å². The third-order valence-electron chi connectivity index (χ3n) is 5.26. The van der Waals surface area contributed by atoms with Crippen LogP contribution in [0.2, 0.25) is 0 Å². The molecule has 3 rings (SSSR count). The number of benzene rings is 1. The molecule has 1 aromatic carbocycles. The van der Waals surface area contributed by atoms with Crippen molar-refractivity contribution in [1.82, 2.24) is 4.90 Å². The van der Waals surface area contributed by atoms with Crippen molar-refractivity contribution in [1.29, 1.82) is 0 Å². The highest BCUT2D eigenvalue weighted by molar-refractivity contribution is 5.82. The molecule has 2 aliphatic heterocycles. The predicted molar refractivity (Wildman–Crippen MR) is 107 cm³/mol. The third-order valence-corrected chi connectivity index (χ3v) is 5.26. The lowest BCUT2D eigenvalue weighted by Crippen LogP contribution is -2.60. The number of hydrogen-bond acceptors (Lipinski definition) is 6. The van der Waals surface area contributed by atoms with Crippen molar-refractivity contribution in [2.75, 3.05) is 26.9 Å². The number of fused-ring (bicyclic) bond motifs is 2. The standard InChI is InChI=1S/C22H31NO6/c1-22(2,3)29-21(25)23-16-11-15(12-17(23)14-27-13-16)18(24)9-10-28-20-8-6-5-7-19(20)26-4/h5-8,15-17H,9-14H2,1-4H3. The Hall–Kier alpha value is -2.28. The number of ketones is 1. The number of methoxy groups -OCH3 is 1. The van der Waals surface area contributed by atoms with E-state index in [0.717, 1.165) is 0 Å². The number of Topliss-reactive ketones (excluding diaryl/α,β-unsaturated/α-hetero) is 1. The lowest BCUT2D eigenvalue weighted by atomic mass is 9.82. The van der Waals surface area contributed by atoms with E-state index in [9.17, 15) is 9.59 Å². The monoisotopic (exact) mass is 405 g/mol. The SMILES string of the molecule is COc1ccccc1OCCC(=O)C1CC2COCC(C1)N2C(=O)OC(C)(C)C. The molecule has 0 aromatic heterocycles. The Morgan fingerprint density at radius 1 is 1.10 bits per heavy atom. The number of morpholine rings is 1. The summed E-state index contributed by atoms with van der Waals surface area (Å²) in [4.78, 5) is 27.2. The van der Waals surface area contributed by atoms with Gasteiger partial charge in [0.15, 0.2) is 11.5 Å². The summed E-state index contributed by atoms with van der Waals surface area (Å²) in [6, 6.07) is 7.14. The largest absolute Gasteiger partial charge is 0.493 e. The van der Waals surface area contributed by atoms with Gasteiger partial charge in [0.05, 0.1) is 39.0 Å². The summed E-state index contributed by atoms with van der Waals surface area (Å²) in [5, 5.41) is 0. The number of nitrogens with zero attached hydrogens (tertiary/aromatic N) is 1. The van der Waals surface area contributed by atoms with Crippen LogP contribution < -0.4 is 9.47 Å². The van der Waals surface area contributed by atoms with Crippen LogP contribution in [0.25, 0.3) is 0 Å². The number of amides is 1. The first kappa shape index (κ1) is 21.4. The number of carbonyl (C=O) groups is 2. The second-order valence-electron chi connectivity index (χ2n) is 8.62. The normalized spacial score (nSPS) is 24.0. The molecule has 2 unspecified atom stereocenters. The van der Waals surface area contributed by atoms with Crippen LogP contribution in [-0.4, -0.2) is 61.4 Å². The van der Waals surface area contributed by atoms with Crippen LogP contribution in [0, 0.1) is 5.92 Å². The number of hydrogen-bond donors (Lipinski definition) is 0. The maximum atomic E-state index is 12.8. The van der Waals surface area contributed by atoms with Gasteiger partial charge in [-0.25, -0.2) is 4.79 Å². The molecule has 7 nitrogen and oxygen atoms in total. The van der Waals surface area contributed by atoms with E-state index in [2.05, 4.69) is 0 Å². The summed E-state index contributed by atoms with van der Waals surface area (Å²) in [5.74, 6) is 1.36. The lowest BCUT2D eigenvalue weighted by molar-refractivity contribution is -0.132. The van der Waals surface area contributed by atoms with Crippen molar-refractivity contribution in [3.8, 4) is 11.5 Å². The van der Waals surface area contributed by atoms with Crippen LogP contribution in [-0.2, 0) is 14.3 Å². The third kappa shape index (κ3) is 5.41. The molecule has 1 aromatic rings. The molecule has 2 bridgehead atoms. The number of ether oxygens (including phenoxy) is 4. The topological polar surface area (TPSA) is 74.3 Å². The Bertz CT molecular complexity index is 714. The molecule has 0 aliphatic carbocycles. The lowest BCUT2D eigenvalue weighted by Gasteiger charge is -2.47. The van der Waals surface area contributed by atoms with Crippen LogP contribution in [0.1, 0.15) is 40.0 Å². The van der Waals surface area contributed by atoms with Crippen molar-refractivity contribution in [3.05, 3.63) is 24.3 Å². The average Bonchev–Trinajstić information content (AvgIpc) is 2.65. The molecule has 7 heteroatoms. The van der Waals surface area contributed by atoms with E-state index in [1.165, 1.54) is 0 Å². The number of rotatable bonds is 6. The smallest absolute Gasteiger partial charge is 0.410 e. The first-order chi connectivity index (χ1) is 13.8. The molecule has 2 fully saturated rings. The fourth-order valence-electron chi connectivity index (χ4n) is 3.99. The number of carbonyl (C=O) groups excluding carboxylic acids is 2. The second kappa shape index (κ2) is 9.03. The maximum absolute atomic E-state index is 12.8. The predicted octanol–water partition coefficient (Wildman–Crippen LogP) is 3.45. The van der Waals surface area contributed by atoms with Crippen molar-refractivity contribution < 1.29 is 28.5 Å². The Kier molecular flexibility index (Phi) is 6.67. The molecule has 29 heavy (non-hydrogen) atoms. The quantitative estimate of drug-likeness (QED) is 0.722. The highest BCUT2D eigenvalue weighted by Crippen LogP contribution is 2.34. The van der Waals surface area contributed by atoms with Gasteiger partial charge < -0.3 is 18.9 Å². The Morgan fingerprint density at radius 3 is 2.31 bits per heavy atom. The first-order valence-corrected chi connectivity index (χ1v) is 10.2. The molecular weight excluding hydrogens is 374 g/mol. The van der Waals surface area contributed by atoms with Gasteiger partial charge in [0, 0.05) is 12.3 Å². The van der Waals surface area contributed by atoms with Crippen LogP contribution in [0.15, 0.2) is 24.3 Å². The van der Waals surface area contributed by atoms with Crippen molar-refractivity contribution in [2.45, 2.75) is 57.7 Å². The van der Waals surface area contributed by atoms with Crippen LogP contribution >= 0.6 is 0 Å². The molecule has 0 saturated carbocycles. The van der Waals surface area contributed by atoms with Gasteiger partial charge in [0.2, 0.25) is 0 Å². The molecule has 1 amide bonds. The van der Waals surface area contributed by atoms with Crippen molar-refractivity contribution in [3.63, 3.8) is 0 Å². The van der Waals surface area contributed by atoms with Gasteiger partial charge in [-0.05, 0) is 45.7 Å². The molecule has 2 heterocycles. The Balaban J connectivity index is 1.55. The van der Waals surface area contributed by atoms with Crippen LogP contribution in [0.4, 0.5) is 4.79 Å². The van der Waals surface area contributed by atoms with E-state index in [1.54, 1.807) is 12.0 Å². The molecule has 2 aliphatic rings. The summed E-state index contributed by atoms with van der Waals surface area (Å²) in [7, 11) is 1.59. The maximum Gasteiger partial charge on any atom is 0.410 e. The van der Waals surface area contributed by atoms with E-state index in [0.29, 0.717) is 50.6 Å². The summed E-state index contributed by atoms with van der Waals surface area (Å²) < 4.78 is 22.2. The molecule has 0 spiro atoms. The molecule has 2 saturated heterocycles. The molecule has 0 N–H and O–H groups in total. The van der Waals surface area contributed by atoms with Gasteiger partial charge in [0.1, 0.15) is 11.4 Å². The first-order valence-electron chi connectivity index (χ1n) is 10.2. The highest BCUT2D eigenvalue weighted by Gasteiger charge is 2.44. The Morgan fingerprint density at radius 2 is 1.72 bits per heavy atom. The average molecular weight is 405 g/mol. The summed E-state index contributed by atoms with van der Waals surface area (Å²) in [6.45, 7) is 6.76. The van der Waals surface area contributed by atoms with E-state index in [1.807, 2.05) is 45.0 Å². The minimum absolute atomic E-state index is 0.0890. The van der Waals surface area contributed by atoms with Crippen LogP contribution in [0.3, 0.4) is 0 Å². The summed E-state index contributed by atoms with van der Waals surface area (Å²) >= 11 is 0. The van der Waals surface area contributed by atoms with Gasteiger partial charge in [-0.15, -0.1) is 0 Å². The zero-order valence-electron chi connectivity index (χ0n) is 17.7. The van der Waals surface area contributed by atoms with E-state index in [4.69, 9.17) is 18.9 Å². The minimum atomic E-state index is -0.547. The van der Waals surface area contributed by atoms with Gasteiger partial charge in [-0.3, -0.25) is 9.69 Å². The second-order valence-corrected chi connectivity index (χ2v) is 8.62. The summed E-state index contributed by atoms with van der Waals surface area (Å²) in [5.41, 5.74) is -0.547. The minimum Gasteiger partial charge on any atom is -0.493 e. The zero-order valence-corrected chi connectivity index (χ0v) is 17.7. The van der Waals surface area contributed by atoms with Crippen molar-refractivity contribution in [2.24, 2.45) is 5.92 Å². The van der Waals surface area contributed by atoms with Gasteiger partial charge in [-0.1, -0.05) is 12.1 Å².